The van der Waals surface area contributed by atoms with Crippen molar-refractivity contribution in [3.05, 3.63) is 29.3 Å². The van der Waals surface area contributed by atoms with Gasteiger partial charge < -0.3 is 5.43 Å². The Hall–Kier alpha value is -1.95. The van der Waals surface area contributed by atoms with Gasteiger partial charge in [-0.15, -0.1) is 0 Å². The van der Waals surface area contributed by atoms with E-state index in [1.807, 2.05) is 17.8 Å². The zero-order valence-electron chi connectivity index (χ0n) is 12.1. The summed E-state index contributed by atoms with van der Waals surface area (Å²) in [5, 5.41) is 4.64. The molecule has 2 aromatic heterocycles. The van der Waals surface area contributed by atoms with Crippen LogP contribution in [0.1, 0.15) is 55.6 Å². The number of nitrogens with zero attached hydrogens (tertiary/aromatic N) is 4. The molecule has 0 spiro atoms. The largest absolute Gasteiger partial charge is 0.308 e. The van der Waals surface area contributed by atoms with Crippen molar-refractivity contribution in [2.45, 2.75) is 45.4 Å². The van der Waals surface area contributed by atoms with E-state index >= 15 is 0 Å². The summed E-state index contributed by atoms with van der Waals surface area (Å²) in [6.07, 6.45) is 4.45. The minimum absolute atomic E-state index is 0.236. The number of anilines is 1. The highest BCUT2D eigenvalue weighted by Gasteiger charge is 2.26. The van der Waals surface area contributed by atoms with Crippen LogP contribution in [0.15, 0.2) is 12.3 Å². The molecule has 1 fully saturated rings. The van der Waals surface area contributed by atoms with Crippen LogP contribution in [0.3, 0.4) is 0 Å². The Balaban J connectivity index is 2.07. The smallest absolute Gasteiger partial charge is 0.162 e. The van der Waals surface area contributed by atoms with E-state index in [0.717, 1.165) is 22.9 Å². The fraction of sp³-hybridized carbons (Fsp3) is 0.500. The van der Waals surface area contributed by atoms with E-state index in [1.165, 1.54) is 12.8 Å². The van der Waals surface area contributed by atoms with Gasteiger partial charge in [-0.1, -0.05) is 13.8 Å². The van der Waals surface area contributed by atoms with Crippen molar-refractivity contribution in [3.8, 4) is 5.82 Å². The van der Waals surface area contributed by atoms with Crippen LogP contribution >= 0.6 is 0 Å². The zero-order valence-corrected chi connectivity index (χ0v) is 12.1. The van der Waals surface area contributed by atoms with Gasteiger partial charge in [0.2, 0.25) is 0 Å². The van der Waals surface area contributed by atoms with E-state index in [9.17, 15) is 0 Å². The predicted octanol–water partition coefficient (Wildman–Crippen LogP) is 2.26. The molecule has 1 aliphatic carbocycles. The number of nitrogen functional groups attached to an aromatic ring is 1. The van der Waals surface area contributed by atoms with Crippen LogP contribution in [-0.4, -0.2) is 19.7 Å². The summed E-state index contributed by atoms with van der Waals surface area (Å²) in [4.78, 5) is 9.08. The first-order valence-corrected chi connectivity index (χ1v) is 7.01. The minimum atomic E-state index is 0.236. The van der Waals surface area contributed by atoms with Gasteiger partial charge in [-0.05, 0) is 25.8 Å². The summed E-state index contributed by atoms with van der Waals surface area (Å²) in [6.45, 7) is 6.08. The van der Waals surface area contributed by atoms with E-state index < -0.39 is 0 Å². The lowest BCUT2D eigenvalue weighted by Gasteiger charge is -2.13. The van der Waals surface area contributed by atoms with Gasteiger partial charge in [0.15, 0.2) is 5.82 Å². The lowest BCUT2D eigenvalue weighted by molar-refractivity contribution is 0.735. The number of hydrogen-bond acceptors (Lipinski definition) is 5. The lowest BCUT2D eigenvalue weighted by atomic mass is 10.2. The highest BCUT2D eigenvalue weighted by atomic mass is 15.3. The quantitative estimate of drug-likeness (QED) is 0.659. The minimum Gasteiger partial charge on any atom is -0.308 e. The molecule has 0 saturated heterocycles. The Morgan fingerprint density at radius 3 is 2.70 bits per heavy atom. The van der Waals surface area contributed by atoms with Crippen LogP contribution in [0, 0.1) is 6.92 Å². The maximum atomic E-state index is 5.56. The molecular formula is C14H20N6. The maximum absolute atomic E-state index is 5.56. The van der Waals surface area contributed by atoms with Crippen molar-refractivity contribution < 1.29 is 0 Å². The predicted molar refractivity (Wildman–Crippen MR) is 77.8 cm³/mol. The lowest BCUT2D eigenvalue weighted by Crippen LogP contribution is -2.16. The van der Waals surface area contributed by atoms with Gasteiger partial charge in [0.25, 0.3) is 0 Å². The summed E-state index contributed by atoms with van der Waals surface area (Å²) in [6, 6.07) is 2.07. The van der Waals surface area contributed by atoms with Crippen LogP contribution in [0.2, 0.25) is 0 Å². The van der Waals surface area contributed by atoms with Gasteiger partial charge in [0, 0.05) is 23.6 Å². The molecule has 1 aliphatic rings. The molecule has 0 atom stereocenters. The first kappa shape index (κ1) is 13.1. The number of rotatable bonds is 4. The second kappa shape index (κ2) is 4.86. The third kappa shape index (κ3) is 2.27. The van der Waals surface area contributed by atoms with E-state index in [-0.39, 0.29) is 5.92 Å². The average Bonchev–Trinajstić information content (AvgIpc) is 3.17. The Kier molecular flexibility index (Phi) is 3.17. The summed E-state index contributed by atoms with van der Waals surface area (Å²) in [7, 11) is 0. The maximum Gasteiger partial charge on any atom is 0.162 e. The summed E-state index contributed by atoms with van der Waals surface area (Å²) in [5.41, 5.74) is 4.70. The molecule has 0 unspecified atom stereocenters. The van der Waals surface area contributed by atoms with Crippen molar-refractivity contribution in [1.82, 2.24) is 19.7 Å². The van der Waals surface area contributed by atoms with Crippen molar-refractivity contribution in [1.29, 1.82) is 0 Å². The first-order valence-electron chi connectivity index (χ1n) is 7.01. The van der Waals surface area contributed by atoms with E-state index in [4.69, 9.17) is 5.84 Å². The summed E-state index contributed by atoms with van der Waals surface area (Å²) >= 11 is 0. The summed E-state index contributed by atoms with van der Waals surface area (Å²) in [5.74, 6) is 8.65. The van der Waals surface area contributed by atoms with Crippen LogP contribution in [0.4, 0.5) is 5.82 Å². The molecule has 106 valence electrons. The number of nitrogens with one attached hydrogen (secondary N) is 1. The topological polar surface area (TPSA) is 81.6 Å². The fourth-order valence-corrected chi connectivity index (χ4v) is 2.20. The first-order chi connectivity index (χ1) is 9.60. The highest BCUT2D eigenvalue weighted by molar-refractivity contribution is 5.51. The Morgan fingerprint density at radius 2 is 2.10 bits per heavy atom. The van der Waals surface area contributed by atoms with Crippen LogP contribution < -0.4 is 11.3 Å². The van der Waals surface area contributed by atoms with Gasteiger partial charge in [0.1, 0.15) is 11.6 Å². The Morgan fingerprint density at radius 1 is 1.35 bits per heavy atom. The SMILES string of the molecule is Cc1c(NN)nc(C(C)C)nc1-n1ccc(C2CC2)n1. The van der Waals surface area contributed by atoms with Crippen LogP contribution in [-0.2, 0) is 0 Å². The van der Waals surface area contributed by atoms with Crippen LogP contribution in [0.25, 0.3) is 5.82 Å². The number of aromatic nitrogens is 4. The molecule has 2 heterocycles. The van der Waals surface area contributed by atoms with Gasteiger partial charge >= 0.3 is 0 Å². The standard InChI is InChI=1S/C14H20N6/c1-8(2)12-16-13(18-15)9(3)14(17-12)20-7-6-11(19-20)10-4-5-10/h6-8,10H,4-5,15H2,1-3H3,(H,16,17,18). The molecule has 20 heavy (non-hydrogen) atoms. The molecule has 1 saturated carbocycles. The Bertz CT molecular complexity index is 627. The zero-order chi connectivity index (χ0) is 14.3. The molecule has 0 amide bonds. The van der Waals surface area contributed by atoms with Crippen molar-refractivity contribution in [3.63, 3.8) is 0 Å². The van der Waals surface area contributed by atoms with Gasteiger partial charge in [-0.2, -0.15) is 5.10 Å². The normalized spacial score (nSPS) is 14.8. The fourth-order valence-electron chi connectivity index (χ4n) is 2.20. The average molecular weight is 272 g/mol. The third-order valence-corrected chi connectivity index (χ3v) is 3.61. The van der Waals surface area contributed by atoms with Gasteiger partial charge in [0.05, 0.1) is 5.69 Å². The molecule has 0 bridgehead atoms. The summed E-state index contributed by atoms with van der Waals surface area (Å²) < 4.78 is 1.83. The molecule has 6 nitrogen and oxygen atoms in total. The molecular weight excluding hydrogens is 252 g/mol. The second-order valence-corrected chi connectivity index (χ2v) is 5.64. The second-order valence-electron chi connectivity index (χ2n) is 5.64. The van der Waals surface area contributed by atoms with E-state index in [2.05, 4.69) is 40.4 Å². The third-order valence-electron chi connectivity index (χ3n) is 3.61. The molecule has 0 radical (unpaired) electrons. The van der Waals surface area contributed by atoms with Crippen molar-refractivity contribution >= 4 is 5.82 Å². The molecule has 2 aromatic rings. The number of hydrogen-bond donors (Lipinski definition) is 2. The number of nitrogens with two attached hydrogens (primary N) is 1. The molecule has 0 aromatic carbocycles. The highest BCUT2D eigenvalue weighted by Crippen LogP contribution is 2.39. The number of hydrazine groups is 1. The Labute approximate surface area is 118 Å². The van der Waals surface area contributed by atoms with Gasteiger partial charge in [-0.3, -0.25) is 0 Å². The van der Waals surface area contributed by atoms with E-state index in [1.54, 1.807) is 0 Å². The van der Waals surface area contributed by atoms with E-state index in [0.29, 0.717) is 11.7 Å². The monoisotopic (exact) mass is 272 g/mol. The molecule has 3 rings (SSSR count). The molecule has 3 N–H and O–H groups in total. The van der Waals surface area contributed by atoms with Gasteiger partial charge in [-0.25, -0.2) is 20.5 Å². The molecule has 0 aliphatic heterocycles. The van der Waals surface area contributed by atoms with Crippen molar-refractivity contribution in [2.24, 2.45) is 5.84 Å². The van der Waals surface area contributed by atoms with Crippen LogP contribution in [0.5, 0.6) is 0 Å². The molecule has 6 heteroatoms. The van der Waals surface area contributed by atoms with Crippen molar-refractivity contribution in [2.75, 3.05) is 5.43 Å².